The number of allylic oxidation sites excluding steroid dienone is 1. The lowest BCUT2D eigenvalue weighted by Crippen LogP contribution is -2.68. The van der Waals surface area contributed by atoms with Gasteiger partial charge >= 0.3 is 12.4 Å². The average Bonchev–Trinajstić information content (AvgIpc) is 3.64. The maximum atomic E-state index is 15.0. The van der Waals surface area contributed by atoms with Gasteiger partial charge in [-0.05, 0) is 76.5 Å². The number of carbonyl (C=O) groups excluding carboxylic acids is 2. The van der Waals surface area contributed by atoms with Crippen molar-refractivity contribution in [3.8, 4) is 11.5 Å². The number of aliphatic hydroxyl groups is 2. The quantitative estimate of drug-likeness (QED) is 0.130. The fraction of sp³-hybridized carbons (Fsp3) is 0.548. The lowest BCUT2D eigenvalue weighted by molar-refractivity contribution is -0.163. The Morgan fingerprint density at radius 2 is 1.71 bits per heavy atom. The molecule has 0 radical (unpaired) electrons. The summed E-state index contributed by atoms with van der Waals surface area (Å²) in [6.07, 6.45) is -4.11. The first-order chi connectivity index (χ1) is 27.3. The molecule has 3 aliphatic rings. The number of nitrogens with zero attached hydrogens (tertiary/aromatic N) is 3. The number of ether oxygens (including phenoxy) is 2. The van der Waals surface area contributed by atoms with Crippen molar-refractivity contribution in [2.24, 2.45) is 5.41 Å². The van der Waals surface area contributed by atoms with Crippen LogP contribution < -0.4 is 9.47 Å². The minimum Gasteiger partial charge on any atom is -0.512 e. The molecular formula is C42H49F6N3O6S. The molecule has 316 valence electrons. The molecule has 2 saturated heterocycles. The number of hydrogen-bond donors (Lipinski definition) is 2. The van der Waals surface area contributed by atoms with Crippen LogP contribution in [0.3, 0.4) is 0 Å². The van der Waals surface area contributed by atoms with Crippen LogP contribution in [0.5, 0.6) is 11.5 Å². The highest BCUT2D eigenvalue weighted by molar-refractivity contribution is 7.10. The fourth-order valence-electron chi connectivity index (χ4n) is 8.69. The zero-order chi connectivity index (χ0) is 42.1. The van der Waals surface area contributed by atoms with Crippen LogP contribution in [0.1, 0.15) is 111 Å². The van der Waals surface area contributed by atoms with Crippen molar-refractivity contribution in [2.75, 3.05) is 19.6 Å². The molecule has 1 aromatic carbocycles. The van der Waals surface area contributed by atoms with Gasteiger partial charge in [0, 0.05) is 54.7 Å². The predicted octanol–water partition coefficient (Wildman–Crippen LogP) is 9.70. The van der Waals surface area contributed by atoms with E-state index in [1.165, 1.54) is 4.90 Å². The minimum atomic E-state index is -4.91. The molecule has 0 spiro atoms. The highest BCUT2D eigenvalue weighted by Crippen LogP contribution is 2.50. The Hall–Kier alpha value is -4.31. The molecule has 2 aromatic heterocycles. The van der Waals surface area contributed by atoms with Gasteiger partial charge in [0.05, 0.1) is 29.1 Å². The number of pyridine rings is 1. The summed E-state index contributed by atoms with van der Waals surface area (Å²) in [5, 5.41) is 23.4. The van der Waals surface area contributed by atoms with Gasteiger partial charge in [-0.2, -0.15) is 26.3 Å². The number of hydrogen-bond acceptors (Lipinski definition) is 8. The van der Waals surface area contributed by atoms with Crippen molar-refractivity contribution in [1.29, 1.82) is 0 Å². The molecule has 0 bridgehead atoms. The summed E-state index contributed by atoms with van der Waals surface area (Å²) in [5.41, 5.74) is -5.30. The van der Waals surface area contributed by atoms with Crippen LogP contribution in [0.2, 0.25) is 0 Å². The number of piperidine rings is 2. The summed E-state index contributed by atoms with van der Waals surface area (Å²) in [6, 6.07) is 8.50. The first kappa shape index (κ1) is 43.3. The van der Waals surface area contributed by atoms with Gasteiger partial charge in [0.25, 0.3) is 11.8 Å². The number of thiophene rings is 1. The Morgan fingerprint density at radius 3 is 2.31 bits per heavy atom. The monoisotopic (exact) mass is 837 g/mol. The van der Waals surface area contributed by atoms with E-state index in [1.807, 2.05) is 6.92 Å². The molecule has 2 amide bonds. The highest BCUT2D eigenvalue weighted by Gasteiger charge is 2.57. The lowest BCUT2D eigenvalue weighted by Gasteiger charge is -2.51. The van der Waals surface area contributed by atoms with E-state index in [1.54, 1.807) is 31.2 Å². The molecule has 3 atom stereocenters. The second-order valence-corrected chi connectivity index (χ2v) is 16.7. The molecule has 1 unspecified atom stereocenters. The number of rotatable bonds is 13. The molecule has 16 heteroatoms. The lowest BCUT2D eigenvalue weighted by atomic mass is 9.65. The van der Waals surface area contributed by atoms with Crippen molar-refractivity contribution in [2.45, 2.75) is 120 Å². The van der Waals surface area contributed by atoms with Crippen molar-refractivity contribution in [3.05, 3.63) is 88.1 Å². The van der Waals surface area contributed by atoms with Crippen LogP contribution in [-0.2, 0) is 22.7 Å². The van der Waals surface area contributed by atoms with E-state index < -0.39 is 57.5 Å². The summed E-state index contributed by atoms with van der Waals surface area (Å²) >= 11 is 0.376. The molecule has 2 N–H and O–H groups in total. The van der Waals surface area contributed by atoms with E-state index in [0.29, 0.717) is 41.9 Å². The van der Waals surface area contributed by atoms with Crippen LogP contribution in [0, 0.1) is 5.41 Å². The van der Waals surface area contributed by atoms with Crippen LogP contribution in [-0.4, -0.2) is 74.2 Å². The van der Waals surface area contributed by atoms with Crippen LogP contribution in [0.25, 0.3) is 0 Å². The molecule has 6 rings (SSSR count). The highest BCUT2D eigenvalue weighted by atomic mass is 32.1. The van der Waals surface area contributed by atoms with E-state index in [-0.39, 0.29) is 74.8 Å². The summed E-state index contributed by atoms with van der Waals surface area (Å²) in [7, 11) is 0. The standard InChI is InChI=1S/C42H49F6N3O6S/c1-4-10-33-40(57-29-25-34(58-26-29)42(46,47)48,17-9-22-51(33)36(53)35-31(41(43,44)45)12-7-21-49-35)37(54)50-23-19-39(55,20-24-50)30-11-5-6-13-32(30)56-27(2)14-18-38(28(3)52)15-8-16-38/h5-7,11-13,21,25-27,33,52,55H,3-4,8-10,14-20,22-24H2,1-2H3/t27?,33-,40+/m1/s1. The molecule has 3 aromatic rings. The zero-order valence-electron chi connectivity index (χ0n) is 32.5. The van der Waals surface area contributed by atoms with Gasteiger partial charge in [-0.1, -0.05) is 44.5 Å². The van der Waals surface area contributed by atoms with Crippen LogP contribution in [0.4, 0.5) is 26.3 Å². The molecule has 2 aliphatic heterocycles. The van der Waals surface area contributed by atoms with Crippen LogP contribution >= 0.6 is 11.3 Å². The fourth-order valence-corrected chi connectivity index (χ4v) is 9.36. The summed E-state index contributed by atoms with van der Waals surface area (Å²) < 4.78 is 96.2. The van der Waals surface area contributed by atoms with Gasteiger partial charge in [-0.15, -0.1) is 11.3 Å². The Bertz CT molecular complexity index is 1960. The van der Waals surface area contributed by atoms with E-state index >= 15 is 4.79 Å². The summed E-state index contributed by atoms with van der Waals surface area (Å²) in [5.74, 6) is -1.31. The van der Waals surface area contributed by atoms with Gasteiger partial charge in [0.1, 0.15) is 22.1 Å². The SMILES string of the molecule is C=C(O)C1(CCC(C)Oc2ccccc2C2(O)CCN(C(=O)[C@]3(Oc4csc(C(F)(F)F)c4)CCCN(C(=O)c4ncccc4C(F)(F)F)[C@@H]3CCC)CC2)CCC1. The predicted molar refractivity (Wildman–Crippen MR) is 204 cm³/mol. The second kappa shape index (κ2) is 16.7. The number of benzene rings is 1. The van der Waals surface area contributed by atoms with E-state index in [0.717, 1.165) is 53.9 Å². The van der Waals surface area contributed by atoms with Crippen LogP contribution in [0.15, 0.2) is 66.4 Å². The molecular weight excluding hydrogens is 789 g/mol. The van der Waals surface area contributed by atoms with Gasteiger partial charge in [0.15, 0.2) is 0 Å². The third-order valence-corrected chi connectivity index (χ3v) is 13.0. The first-order valence-electron chi connectivity index (χ1n) is 19.7. The Kier molecular flexibility index (Phi) is 12.5. The zero-order valence-corrected chi connectivity index (χ0v) is 33.3. The summed E-state index contributed by atoms with van der Waals surface area (Å²) in [6.45, 7) is 7.40. The van der Waals surface area contributed by atoms with E-state index in [9.17, 15) is 41.4 Å². The second-order valence-electron chi connectivity index (χ2n) is 15.8. The number of carbonyl (C=O) groups is 2. The molecule has 1 aliphatic carbocycles. The number of likely N-dealkylation sites (tertiary alicyclic amines) is 2. The smallest absolute Gasteiger partial charge is 0.425 e. The molecule has 3 fully saturated rings. The Morgan fingerprint density at radius 1 is 1.00 bits per heavy atom. The van der Waals surface area contributed by atoms with Gasteiger partial charge in [-0.25, -0.2) is 0 Å². The van der Waals surface area contributed by atoms with E-state index in [4.69, 9.17) is 9.47 Å². The third-order valence-electron chi connectivity index (χ3n) is 12.1. The molecule has 1 saturated carbocycles. The number of amides is 2. The Labute approximate surface area is 337 Å². The number of aromatic nitrogens is 1. The minimum absolute atomic E-state index is 0.00580. The van der Waals surface area contributed by atoms with E-state index in [2.05, 4.69) is 11.6 Å². The first-order valence-corrected chi connectivity index (χ1v) is 20.6. The normalized spacial score (nSPS) is 22.5. The average molecular weight is 838 g/mol. The molecule has 4 heterocycles. The largest absolute Gasteiger partial charge is 0.512 e. The number of halogens is 6. The van der Waals surface area contributed by atoms with Gasteiger partial charge in [-0.3, -0.25) is 14.6 Å². The number of alkyl halides is 6. The van der Waals surface area contributed by atoms with Gasteiger partial charge < -0.3 is 29.5 Å². The Balaban J connectivity index is 1.27. The topological polar surface area (TPSA) is 112 Å². The van der Waals surface area contributed by atoms with Gasteiger partial charge in [0.2, 0.25) is 5.60 Å². The molecule has 9 nitrogen and oxygen atoms in total. The number of aliphatic hydroxyl groups excluding tert-OH is 1. The maximum absolute atomic E-state index is 15.0. The van der Waals surface area contributed by atoms with Crippen molar-refractivity contribution < 1.29 is 55.6 Å². The van der Waals surface area contributed by atoms with Crippen molar-refractivity contribution in [3.63, 3.8) is 0 Å². The maximum Gasteiger partial charge on any atom is 0.425 e. The van der Waals surface area contributed by atoms with Crippen molar-refractivity contribution in [1.82, 2.24) is 14.8 Å². The molecule has 58 heavy (non-hydrogen) atoms. The summed E-state index contributed by atoms with van der Waals surface area (Å²) in [4.78, 5) is 34.5. The number of para-hydroxylation sites is 1. The third kappa shape index (κ3) is 8.68. The van der Waals surface area contributed by atoms with Crippen molar-refractivity contribution >= 4 is 23.2 Å².